The van der Waals surface area contributed by atoms with Crippen molar-refractivity contribution in [1.29, 1.82) is 0 Å². The van der Waals surface area contributed by atoms with E-state index in [2.05, 4.69) is 39.0 Å². The zero-order chi connectivity index (χ0) is 21.3. The van der Waals surface area contributed by atoms with Crippen LogP contribution in [0.3, 0.4) is 0 Å². The Morgan fingerprint density at radius 2 is 1.77 bits per heavy atom. The number of aryl methyl sites for hydroxylation is 2. The zero-order valence-electron chi connectivity index (χ0n) is 18.1. The molecule has 0 bridgehead atoms. The first kappa shape index (κ1) is 20.3. The fourth-order valence-corrected chi connectivity index (χ4v) is 4.13. The molecular formula is C23H30N6O. The van der Waals surface area contributed by atoms with Gasteiger partial charge in [-0.05, 0) is 50.8 Å². The summed E-state index contributed by atoms with van der Waals surface area (Å²) in [5.74, 6) is 1.93. The van der Waals surface area contributed by atoms with Crippen LogP contribution in [0.1, 0.15) is 49.9 Å². The van der Waals surface area contributed by atoms with E-state index in [1.165, 1.54) is 0 Å². The molecule has 4 rings (SSSR count). The number of nitrogens with zero attached hydrogens (tertiary/aromatic N) is 4. The van der Waals surface area contributed by atoms with Crippen molar-refractivity contribution in [2.75, 3.05) is 18.0 Å². The van der Waals surface area contributed by atoms with Gasteiger partial charge in [-0.1, -0.05) is 26.0 Å². The van der Waals surface area contributed by atoms with E-state index in [0.29, 0.717) is 0 Å². The second-order valence-corrected chi connectivity index (χ2v) is 8.58. The average molecular weight is 407 g/mol. The van der Waals surface area contributed by atoms with Crippen LogP contribution in [0.15, 0.2) is 30.3 Å². The number of amides is 1. The van der Waals surface area contributed by atoms with E-state index >= 15 is 0 Å². The highest BCUT2D eigenvalue weighted by Crippen LogP contribution is 2.25. The van der Waals surface area contributed by atoms with E-state index in [1.807, 2.05) is 44.2 Å². The molecular weight excluding hydrogens is 376 g/mol. The van der Waals surface area contributed by atoms with Crippen LogP contribution < -0.4 is 10.2 Å². The van der Waals surface area contributed by atoms with Crippen molar-refractivity contribution in [1.82, 2.24) is 25.3 Å². The Hall–Kier alpha value is -2.96. The molecule has 0 radical (unpaired) electrons. The predicted octanol–water partition coefficient (Wildman–Crippen LogP) is 3.70. The molecule has 1 atom stereocenters. The number of para-hydroxylation sites is 2. The van der Waals surface area contributed by atoms with E-state index < -0.39 is 0 Å². The van der Waals surface area contributed by atoms with Gasteiger partial charge in [-0.3, -0.25) is 4.79 Å². The maximum atomic E-state index is 13.1. The first-order valence-corrected chi connectivity index (χ1v) is 10.7. The van der Waals surface area contributed by atoms with Crippen molar-refractivity contribution in [3.05, 3.63) is 47.5 Å². The van der Waals surface area contributed by atoms with Crippen LogP contribution in [0, 0.1) is 25.7 Å². The minimum absolute atomic E-state index is 0.00205. The van der Waals surface area contributed by atoms with Crippen LogP contribution in [0.2, 0.25) is 0 Å². The molecule has 1 fully saturated rings. The molecule has 1 aliphatic heterocycles. The van der Waals surface area contributed by atoms with E-state index in [4.69, 9.17) is 4.98 Å². The van der Waals surface area contributed by atoms with Gasteiger partial charge in [0.25, 0.3) is 0 Å². The van der Waals surface area contributed by atoms with E-state index in [9.17, 15) is 4.79 Å². The number of carbonyl (C=O) groups excluding carboxylic acids is 1. The van der Waals surface area contributed by atoms with Gasteiger partial charge in [0.1, 0.15) is 5.82 Å². The Morgan fingerprint density at radius 1 is 1.10 bits per heavy atom. The largest absolute Gasteiger partial charge is 0.346 e. The predicted molar refractivity (Wildman–Crippen MR) is 118 cm³/mol. The molecule has 1 amide bonds. The number of nitrogens with one attached hydrogen (secondary N) is 2. The van der Waals surface area contributed by atoms with E-state index in [0.717, 1.165) is 60.1 Å². The lowest BCUT2D eigenvalue weighted by atomic mass is 9.94. The third-order valence-electron chi connectivity index (χ3n) is 5.79. The molecule has 30 heavy (non-hydrogen) atoms. The summed E-state index contributed by atoms with van der Waals surface area (Å²) in [4.78, 5) is 32.4. The minimum atomic E-state index is -0.134. The molecule has 2 aromatic heterocycles. The molecule has 0 spiro atoms. The number of fused-ring (bicyclic) bond motifs is 1. The lowest BCUT2D eigenvalue weighted by Gasteiger charge is -2.32. The van der Waals surface area contributed by atoms with Crippen LogP contribution in [0.4, 0.5) is 5.95 Å². The van der Waals surface area contributed by atoms with Crippen molar-refractivity contribution in [2.24, 2.45) is 11.8 Å². The maximum Gasteiger partial charge on any atom is 0.225 e. The first-order valence-electron chi connectivity index (χ1n) is 10.7. The molecule has 1 saturated heterocycles. The number of rotatable bonds is 5. The first-order chi connectivity index (χ1) is 14.4. The highest BCUT2D eigenvalue weighted by Gasteiger charge is 2.29. The smallest absolute Gasteiger partial charge is 0.225 e. The molecule has 1 aromatic carbocycles. The van der Waals surface area contributed by atoms with Gasteiger partial charge < -0.3 is 15.2 Å². The van der Waals surface area contributed by atoms with Gasteiger partial charge in [0.15, 0.2) is 0 Å². The molecule has 0 aliphatic carbocycles. The average Bonchev–Trinajstić information content (AvgIpc) is 3.14. The summed E-state index contributed by atoms with van der Waals surface area (Å²) >= 11 is 0. The fraction of sp³-hybridized carbons (Fsp3) is 0.478. The Morgan fingerprint density at radius 3 is 2.40 bits per heavy atom. The van der Waals surface area contributed by atoms with Crippen LogP contribution in [0.25, 0.3) is 11.0 Å². The number of carbonyl (C=O) groups is 1. The van der Waals surface area contributed by atoms with E-state index in [-0.39, 0.29) is 23.8 Å². The summed E-state index contributed by atoms with van der Waals surface area (Å²) in [7, 11) is 0. The quantitative estimate of drug-likeness (QED) is 0.675. The number of H-pyrrole nitrogens is 1. The number of piperidine rings is 1. The minimum Gasteiger partial charge on any atom is -0.346 e. The number of hydrogen-bond donors (Lipinski definition) is 2. The van der Waals surface area contributed by atoms with Gasteiger partial charge in [0.2, 0.25) is 11.9 Å². The van der Waals surface area contributed by atoms with E-state index in [1.54, 1.807) is 0 Å². The molecule has 158 valence electrons. The SMILES string of the molecule is Cc1cc(C)nc(N2CCC(C(=O)N[C@@H](c3nc4ccccc4[nH]3)C(C)C)CC2)n1. The monoisotopic (exact) mass is 406 g/mol. The number of aromatic amines is 1. The van der Waals surface area contributed by atoms with Crippen LogP contribution >= 0.6 is 0 Å². The Kier molecular flexibility index (Phi) is 5.70. The van der Waals surface area contributed by atoms with Crippen molar-refractivity contribution in [3.8, 4) is 0 Å². The third kappa shape index (κ3) is 4.30. The van der Waals surface area contributed by atoms with Gasteiger partial charge in [-0.25, -0.2) is 15.0 Å². The molecule has 3 aromatic rings. The van der Waals surface area contributed by atoms with Crippen molar-refractivity contribution in [3.63, 3.8) is 0 Å². The van der Waals surface area contributed by atoms with Crippen LogP contribution in [-0.4, -0.2) is 38.9 Å². The normalized spacial score (nSPS) is 16.2. The third-order valence-corrected chi connectivity index (χ3v) is 5.79. The topological polar surface area (TPSA) is 86.8 Å². The molecule has 2 N–H and O–H groups in total. The number of imidazole rings is 1. The lowest BCUT2D eigenvalue weighted by molar-refractivity contribution is -0.126. The molecule has 7 nitrogen and oxygen atoms in total. The number of anilines is 1. The van der Waals surface area contributed by atoms with Crippen molar-refractivity contribution in [2.45, 2.75) is 46.6 Å². The summed E-state index contributed by atoms with van der Waals surface area (Å²) in [6, 6.07) is 9.80. The number of aromatic nitrogens is 4. The molecule has 3 heterocycles. The van der Waals surface area contributed by atoms with Crippen molar-refractivity contribution >= 4 is 22.9 Å². The van der Waals surface area contributed by atoms with Gasteiger partial charge >= 0.3 is 0 Å². The van der Waals surface area contributed by atoms with Crippen LogP contribution in [-0.2, 0) is 4.79 Å². The molecule has 7 heteroatoms. The molecule has 1 aliphatic rings. The summed E-state index contributed by atoms with van der Waals surface area (Å²) in [6.07, 6.45) is 1.60. The number of benzene rings is 1. The standard InChI is InChI=1S/C23H30N6O/c1-14(2)20(21-26-18-7-5-6-8-19(18)27-21)28-22(30)17-9-11-29(12-10-17)23-24-15(3)13-16(4)25-23/h5-8,13-14,17,20H,9-12H2,1-4H3,(H,26,27)(H,28,30)/t20-/m1/s1. The Balaban J connectivity index is 1.41. The second kappa shape index (κ2) is 8.42. The van der Waals surface area contributed by atoms with Crippen molar-refractivity contribution < 1.29 is 4.79 Å². The van der Waals surface area contributed by atoms with Gasteiger partial charge in [0, 0.05) is 30.4 Å². The lowest BCUT2D eigenvalue weighted by Crippen LogP contribution is -2.43. The van der Waals surface area contributed by atoms with Gasteiger partial charge in [-0.15, -0.1) is 0 Å². The summed E-state index contributed by atoms with van der Waals surface area (Å²) in [5, 5.41) is 3.25. The highest BCUT2D eigenvalue weighted by atomic mass is 16.2. The summed E-state index contributed by atoms with van der Waals surface area (Å²) < 4.78 is 0. The zero-order valence-corrected chi connectivity index (χ0v) is 18.1. The number of hydrogen-bond acceptors (Lipinski definition) is 5. The summed E-state index contributed by atoms with van der Waals surface area (Å²) in [5.41, 5.74) is 3.87. The second-order valence-electron chi connectivity index (χ2n) is 8.58. The fourth-order valence-electron chi connectivity index (χ4n) is 4.13. The highest BCUT2D eigenvalue weighted by molar-refractivity contribution is 5.80. The van der Waals surface area contributed by atoms with Gasteiger partial charge in [-0.2, -0.15) is 0 Å². The maximum absolute atomic E-state index is 13.1. The molecule has 0 unspecified atom stereocenters. The Bertz CT molecular complexity index is 982. The van der Waals surface area contributed by atoms with Crippen LogP contribution in [0.5, 0.6) is 0 Å². The summed E-state index contributed by atoms with van der Waals surface area (Å²) in [6.45, 7) is 9.78. The van der Waals surface area contributed by atoms with Gasteiger partial charge in [0.05, 0.1) is 17.1 Å². The molecule has 0 saturated carbocycles. The Labute approximate surface area is 177 Å².